The van der Waals surface area contributed by atoms with E-state index in [-0.39, 0.29) is 17.8 Å². The largest absolute Gasteiger partial charge is 0.376 e. The number of halogens is 1. The summed E-state index contributed by atoms with van der Waals surface area (Å²) in [5.74, 6) is 0.0982. The fourth-order valence-corrected chi connectivity index (χ4v) is 3.11. The molecule has 1 N–H and O–H groups in total. The lowest BCUT2D eigenvalue weighted by Crippen LogP contribution is -2.46. The van der Waals surface area contributed by atoms with Crippen molar-refractivity contribution in [3.05, 3.63) is 41.7 Å². The van der Waals surface area contributed by atoms with E-state index in [0.717, 1.165) is 38.1 Å². The summed E-state index contributed by atoms with van der Waals surface area (Å²) in [4.78, 5) is 14.2. The van der Waals surface area contributed by atoms with Crippen molar-refractivity contribution in [2.24, 2.45) is 5.92 Å². The van der Waals surface area contributed by atoms with Gasteiger partial charge in [0.15, 0.2) is 5.11 Å². The first-order chi connectivity index (χ1) is 12.1. The van der Waals surface area contributed by atoms with Crippen molar-refractivity contribution in [1.82, 2.24) is 10.2 Å². The highest BCUT2D eigenvalue weighted by Gasteiger charge is 2.28. The highest BCUT2D eigenvalue weighted by molar-refractivity contribution is 7.80. The van der Waals surface area contributed by atoms with Crippen LogP contribution in [0, 0.1) is 11.7 Å². The summed E-state index contributed by atoms with van der Waals surface area (Å²) in [7, 11) is 0. The first-order valence-corrected chi connectivity index (χ1v) is 9.16. The van der Waals surface area contributed by atoms with E-state index in [2.05, 4.69) is 10.2 Å². The lowest BCUT2D eigenvalue weighted by atomic mass is 10.2. The van der Waals surface area contributed by atoms with E-state index in [9.17, 15) is 9.18 Å². The molecule has 0 bridgehead atoms. The maximum Gasteiger partial charge on any atom is 0.250 e. The molecule has 1 aliphatic heterocycles. The Labute approximate surface area is 153 Å². The van der Waals surface area contributed by atoms with Gasteiger partial charge < -0.3 is 9.64 Å². The van der Waals surface area contributed by atoms with Crippen molar-refractivity contribution >= 4 is 29.3 Å². The summed E-state index contributed by atoms with van der Waals surface area (Å²) in [6.45, 7) is 2.42. The van der Waals surface area contributed by atoms with Crippen molar-refractivity contribution < 1.29 is 13.9 Å². The van der Waals surface area contributed by atoms with Crippen LogP contribution < -0.4 is 5.32 Å². The topological polar surface area (TPSA) is 41.6 Å². The molecule has 1 saturated carbocycles. The van der Waals surface area contributed by atoms with Crippen LogP contribution in [0.5, 0.6) is 0 Å². The molecule has 1 saturated heterocycles. The van der Waals surface area contributed by atoms with E-state index >= 15 is 0 Å². The number of carbonyl (C=O) groups is 1. The van der Waals surface area contributed by atoms with Crippen LogP contribution in [-0.4, -0.2) is 41.7 Å². The van der Waals surface area contributed by atoms with E-state index < -0.39 is 0 Å². The molecule has 134 valence electrons. The number of carbonyl (C=O) groups excluding carboxylic acids is 1. The highest BCUT2D eigenvalue weighted by Crippen LogP contribution is 2.30. The number of nitrogens with zero attached hydrogens (tertiary/aromatic N) is 1. The van der Waals surface area contributed by atoms with Gasteiger partial charge in [-0.15, -0.1) is 0 Å². The van der Waals surface area contributed by atoms with Crippen molar-refractivity contribution in [1.29, 1.82) is 0 Å². The molecule has 1 aromatic rings. The second-order valence-electron chi connectivity index (χ2n) is 6.66. The van der Waals surface area contributed by atoms with Crippen LogP contribution in [0.1, 0.15) is 31.2 Å². The molecule has 0 spiro atoms. The molecule has 2 fully saturated rings. The Hall–Kier alpha value is -1.79. The summed E-state index contributed by atoms with van der Waals surface area (Å²) in [6.07, 6.45) is 7.84. The van der Waals surface area contributed by atoms with Gasteiger partial charge >= 0.3 is 0 Å². The quantitative estimate of drug-likeness (QED) is 0.624. The van der Waals surface area contributed by atoms with E-state index in [1.54, 1.807) is 18.2 Å². The molecule has 1 aromatic carbocycles. The van der Waals surface area contributed by atoms with E-state index in [4.69, 9.17) is 17.0 Å². The smallest absolute Gasteiger partial charge is 0.250 e. The summed E-state index contributed by atoms with van der Waals surface area (Å²) in [5, 5.41) is 3.23. The fourth-order valence-electron chi connectivity index (χ4n) is 2.86. The highest BCUT2D eigenvalue weighted by atomic mass is 32.1. The summed E-state index contributed by atoms with van der Waals surface area (Å²) in [6, 6.07) is 5.96. The van der Waals surface area contributed by atoms with Crippen LogP contribution in [0.25, 0.3) is 6.08 Å². The second kappa shape index (κ2) is 8.54. The fraction of sp³-hybridized carbons (Fsp3) is 0.474. The molecule has 0 radical (unpaired) electrons. The van der Waals surface area contributed by atoms with Crippen LogP contribution in [0.15, 0.2) is 30.3 Å². The van der Waals surface area contributed by atoms with Crippen molar-refractivity contribution in [2.45, 2.75) is 31.8 Å². The third-order valence-corrected chi connectivity index (χ3v) is 4.80. The molecular formula is C19H23FN2O2S. The molecule has 1 aliphatic carbocycles. The summed E-state index contributed by atoms with van der Waals surface area (Å²) in [5.41, 5.74) is 0.761. The van der Waals surface area contributed by atoms with Crippen LogP contribution in [0.2, 0.25) is 0 Å². The normalized spacial score (nSPS) is 20.0. The molecule has 4 nitrogen and oxygen atoms in total. The molecule has 1 amide bonds. The predicted octanol–water partition coefficient (Wildman–Crippen LogP) is 3.13. The number of ether oxygens (including phenoxy) is 1. The zero-order chi connectivity index (χ0) is 17.6. The Morgan fingerprint density at radius 1 is 1.28 bits per heavy atom. The van der Waals surface area contributed by atoms with Gasteiger partial charge in [-0.25, -0.2) is 4.39 Å². The molecule has 25 heavy (non-hydrogen) atoms. The number of rotatable bonds is 6. The zero-order valence-electron chi connectivity index (χ0n) is 14.1. The summed E-state index contributed by atoms with van der Waals surface area (Å²) < 4.78 is 18.6. The van der Waals surface area contributed by atoms with Crippen molar-refractivity contribution in [3.8, 4) is 0 Å². The molecule has 6 heteroatoms. The van der Waals surface area contributed by atoms with Crippen LogP contribution in [0.3, 0.4) is 0 Å². The molecule has 1 unspecified atom stereocenters. The van der Waals surface area contributed by atoms with Crippen LogP contribution in [-0.2, 0) is 9.53 Å². The molecule has 1 atom stereocenters. The van der Waals surface area contributed by atoms with Gasteiger partial charge in [-0.05, 0) is 67.6 Å². The first-order valence-electron chi connectivity index (χ1n) is 8.75. The average molecular weight is 362 g/mol. The number of nitrogens with one attached hydrogen (secondary N) is 1. The SMILES string of the molecule is O=C(C=Cc1ccc(F)cc1)NC(=S)N(CC1CC1)CC1CCCO1. The van der Waals surface area contributed by atoms with E-state index in [0.29, 0.717) is 11.0 Å². The number of amides is 1. The number of hydrogen-bond donors (Lipinski definition) is 1. The molecule has 3 rings (SSSR count). The van der Waals surface area contributed by atoms with Gasteiger partial charge in [0.1, 0.15) is 5.82 Å². The maximum absolute atomic E-state index is 12.9. The average Bonchev–Trinajstić information content (AvgIpc) is 3.26. The minimum Gasteiger partial charge on any atom is -0.376 e. The maximum atomic E-state index is 12.9. The Morgan fingerprint density at radius 3 is 2.68 bits per heavy atom. The van der Waals surface area contributed by atoms with Gasteiger partial charge in [-0.3, -0.25) is 10.1 Å². The first kappa shape index (κ1) is 18.0. The third kappa shape index (κ3) is 5.90. The Balaban J connectivity index is 1.53. The predicted molar refractivity (Wildman–Crippen MR) is 99.4 cm³/mol. The molecule has 2 aliphatic rings. The molecular weight excluding hydrogens is 339 g/mol. The van der Waals surface area contributed by atoms with E-state index in [1.165, 1.54) is 31.1 Å². The Morgan fingerprint density at radius 2 is 2.04 bits per heavy atom. The molecule has 1 heterocycles. The number of benzene rings is 1. The van der Waals surface area contributed by atoms with Gasteiger partial charge in [0.2, 0.25) is 5.91 Å². The van der Waals surface area contributed by atoms with Gasteiger partial charge in [0.25, 0.3) is 0 Å². The van der Waals surface area contributed by atoms with Crippen molar-refractivity contribution in [3.63, 3.8) is 0 Å². The minimum atomic E-state index is -0.298. The standard InChI is InChI=1S/C19H23FN2O2S/c20-16-8-5-14(6-9-16)7-10-18(23)21-19(25)22(12-15-3-4-15)13-17-2-1-11-24-17/h5-10,15,17H,1-4,11-13H2,(H,21,23,25). The lowest BCUT2D eigenvalue weighted by molar-refractivity contribution is -0.115. The minimum absolute atomic E-state index is 0.198. The van der Waals surface area contributed by atoms with Gasteiger partial charge in [0, 0.05) is 25.8 Å². The lowest BCUT2D eigenvalue weighted by Gasteiger charge is -2.27. The summed E-state index contributed by atoms with van der Waals surface area (Å²) >= 11 is 5.44. The van der Waals surface area contributed by atoms with Crippen molar-refractivity contribution in [2.75, 3.05) is 19.7 Å². The zero-order valence-corrected chi connectivity index (χ0v) is 14.9. The number of thiocarbonyl (C=S) groups is 1. The van der Waals surface area contributed by atoms with Gasteiger partial charge in [-0.2, -0.15) is 0 Å². The Bertz CT molecular complexity index is 637. The monoisotopic (exact) mass is 362 g/mol. The van der Waals surface area contributed by atoms with Crippen LogP contribution >= 0.6 is 12.2 Å². The van der Waals surface area contributed by atoms with Gasteiger partial charge in [0.05, 0.1) is 6.10 Å². The number of hydrogen-bond acceptors (Lipinski definition) is 3. The molecule has 0 aromatic heterocycles. The second-order valence-corrected chi connectivity index (χ2v) is 7.05. The Kier molecular flexibility index (Phi) is 6.15. The van der Waals surface area contributed by atoms with Crippen LogP contribution in [0.4, 0.5) is 4.39 Å². The third-order valence-electron chi connectivity index (χ3n) is 4.44. The van der Waals surface area contributed by atoms with Gasteiger partial charge in [-0.1, -0.05) is 12.1 Å². The van der Waals surface area contributed by atoms with E-state index in [1.807, 2.05) is 0 Å².